The molecule has 0 aliphatic rings. The molecule has 1 aromatic carbocycles. The lowest BCUT2D eigenvalue weighted by Crippen LogP contribution is -2.12. The molecule has 1 aromatic heterocycles. The van der Waals surface area contributed by atoms with E-state index in [1.54, 1.807) is 6.07 Å². The van der Waals surface area contributed by atoms with E-state index in [0.29, 0.717) is 24.8 Å². The second-order valence-electron chi connectivity index (χ2n) is 5.25. The van der Waals surface area contributed by atoms with Crippen molar-refractivity contribution < 1.29 is 19.4 Å². The fraction of sp³-hybridized carbons (Fsp3) is 0.312. The molecule has 0 radical (unpaired) electrons. The lowest BCUT2D eigenvalue weighted by atomic mass is 10.0. The van der Waals surface area contributed by atoms with Crippen LogP contribution in [0, 0.1) is 0 Å². The van der Waals surface area contributed by atoms with E-state index < -0.39 is 5.97 Å². The molecular formula is C16H19NO4. The van der Waals surface area contributed by atoms with E-state index in [2.05, 4.69) is 19.2 Å². The Morgan fingerprint density at radius 3 is 2.67 bits per heavy atom. The van der Waals surface area contributed by atoms with Gasteiger partial charge in [-0.15, -0.1) is 0 Å². The zero-order valence-corrected chi connectivity index (χ0v) is 12.1. The van der Waals surface area contributed by atoms with E-state index >= 15 is 0 Å². The Hall–Kier alpha value is -2.27. The maximum Gasteiger partial charge on any atom is 0.338 e. The predicted molar refractivity (Wildman–Crippen MR) is 78.4 cm³/mol. The lowest BCUT2D eigenvalue weighted by Gasteiger charge is -2.10. The van der Waals surface area contributed by atoms with Gasteiger partial charge in [-0.1, -0.05) is 26.0 Å². The van der Waals surface area contributed by atoms with Crippen LogP contribution in [0.4, 0.5) is 0 Å². The van der Waals surface area contributed by atoms with Gasteiger partial charge in [0.1, 0.15) is 17.8 Å². The maximum atomic E-state index is 10.7. The van der Waals surface area contributed by atoms with Gasteiger partial charge in [-0.2, -0.15) is 0 Å². The number of furan rings is 1. The predicted octanol–water partition coefficient (Wildman–Crippen LogP) is 3.10. The van der Waals surface area contributed by atoms with Crippen molar-refractivity contribution in [1.29, 1.82) is 0 Å². The fourth-order valence-electron chi connectivity index (χ4n) is 2.01. The average molecular weight is 289 g/mol. The van der Waals surface area contributed by atoms with Gasteiger partial charge in [0.2, 0.25) is 0 Å². The van der Waals surface area contributed by atoms with Crippen molar-refractivity contribution in [3.05, 3.63) is 53.0 Å². The first kappa shape index (κ1) is 15.1. The van der Waals surface area contributed by atoms with Crippen molar-refractivity contribution in [2.75, 3.05) is 0 Å². The molecule has 112 valence electrons. The lowest BCUT2D eigenvalue weighted by molar-refractivity contribution is 0.0696. The third kappa shape index (κ3) is 3.86. The number of phenolic OH excluding ortho intramolecular Hbond substituents is 1. The highest BCUT2D eigenvalue weighted by Crippen LogP contribution is 2.23. The summed E-state index contributed by atoms with van der Waals surface area (Å²) < 4.78 is 5.15. The summed E-state index contributed by atoms with van der Waals surface area (Å²) in [7, 11) is 0. The number of phenols is 1. The van der Waals surface area contributed by atoms with Gasteiger partial charge in [0.25, 0.3) is 0 Å². The van der Waals surface area contributed by atoms with Crippen LogP contribution in [-0.2, 0) is 13.1 Å². The van der Waals surface area contributed by atoms with Crippen LogP contribution in [0.5, 0.6) is 5.75 Å². The number of aromatic carboxylic acids is 1. The minimum absolute atomic E-state index is 0.136. The molecule has 2 aromatic rings. The number of benzene rings is 1. The van der Waals surface area contributed by atoms with Gasteiger partial charge in [0, 0.05) is 12.1 Å². The number of carboxylic acids is 1. The van der Waals surface area contributed by atoms with Gasteiger partial charge >= 0.3 is 5.97 Å². The number of rotatable bonds is 6. The summed E-state index contributed by atoms with van der Waals surface area (Å²) in [5.74, 6) is 0.185. The zero-order chi connectivity index (χ0) is 15.4. The summed E-state index contributed by atoms with van der Waals surface area (Å²) >= 11 is 0. The van der Waals surface area contributed by atoms with Crippen molar-refractivity contribution in [2.24, 2.45) is 0 Å². The first-order valence-corrected chi connectivity index (χ1v) is 6.80. The largest absolute Gasteiger partial charge is 0.508 e. The quantitative estimate of drug-likeness (QED) is 0.761. The molecule has 3 N–H and O–H groups in total. The first-order chi connectivity index (χ1) is 9.97. The Morgan fingerprint density at radius 2 is 2.05 bits per heavy atom. The van der Waals surface area contributed by atoms with Crippen LogP contribution in [-0.4, -0.2) is 16.2 Å². The molecule has 0 aliphatic heterocycles. The van der Waals surface area contributed by atoms with Gasteiger partial charge in [-0.05, 0) is 23.6 Å². The second-order valence-corrected chi connectivity index (χ2v) is 5.25. The molecule has 1 heterocycles. The van der Waals surface area contributed by atoms with E-state index in [1.807, 2.05) is 12.1 Å². The van der Waals surface area contributed by atoms with Crippen LogP contribution >= 0.6 is 0 Å². The van der Waals surface area contributed by atoms with Gasteiger partial charge in [-0.3, -0.25) is 0 Å². The molecular weight excluding hydrogens is 270 g/mol. The number of hydrogen-bond acceptors (Lipinski definition) is 4. The molecule has 0 saturated carbocycles. The van der Waals surface area contributed by atoms with Crippen molar-refractivity contribution >= 4 is 5.97 Å². The molecule has 0 aliphatic carbocycles. The third-order valence-electron chi connectivity index (χ3n) is 3.29. The van der Waals surface area contributed by atoms with Crippen molar-refractivity contribution in [1.82, 2.24) is 5.32 Å². The highest BCUT2D eigenvalue weighted by Gasteiger charge is 2.09. The Bertz CT molecular complexity index is 631. The Balaban J connectivity index is 1.96. The summed E-state index contributed by atoms with van der Waals surface area (Å²) in [4.78, 5) is 10.7. The van der Waals surface area contributed by atoms with Crippen LogP contribution in [0.15, 0.2) is 34.9 Å². The number of carboxylic acid groups (broad SMARTS) is 1. The normalized spacial score (nSPS) is 11.0. The first-order valence-electron chi connectivity index (χ1n) is 6.80. The molecule has 21 heavy (non-hydrogen) atoms. The standard InChI is InChI=1S/C16H19NO4/c1-10(2)11-3-4-15(18)12(5-11)7-17-8-14-6-13(9-21-14)16(19)20/h3-6,9-10,17-18H,7-8H2,1-2H3,(H,19,20). The number of hydrogen-bond donors (Lipinski definition) is 3. The number of aromatic hydroxyl groups is 1. The average Bonchev–Trinajstić information content (AvgIpc) is 2.89. The van der Waals surface area contributed by atoms with Crippen molar-refractivity contribution in [2.45, 2.75) is 32.9 Å². The van der Waals surface area contributed by atoms with Gasteiger partial charge < -0.3 is 19.9 Å². The van der Waals surface area contributed by atoms with Crippen LogP contribution < -0.4 is 5.32 Å². The third-order valence-corrected chi connectivity index (χ3v) is 3.29. The SMILES string of the molecule is CC(C)c1ccc(O)c(CNCc2cc(C(=O)O)co2)c1. The molecule has 0 fully saturated rings. The number of carbonyl (C=O) groups is 1. The smallest absolute Gasteiger partial charge is 0.338 e. The molecule has 0 saturated heterocycles. The van der Waals surface area contributed by atoms with Crippen LogP contribution in [0.1, 0.15) is 47.0 Å². The summed E-state index contributed by atoms with van der Waals surface area (Å²) in [6, 6.07) is 7.06. The Kier molecular flexibility index (Phi) is 4.65. The minimum atomic E-state index is -1.01. The molecule has 0 bridgehead atoms. The zero-order valence-electron chi connectivity index (χ0n) is 12.1. The van der Waals surface area contributed by atoms with Gasteiger partial charge in [0.05, 0.1) is 12.1 Å². The highest BCUT2D eigenvalue weighted by atomic mass is 16.4. The van der Waals surface area contributed by atoms with Gasteiger partial charge in [-0.25, -0.2) is 4.79 Å². The van der Waals surface area contributed by atoms with Crippen molar-refractivity contribution in [3.8, 4) is 5.75 Å². The maximum absolute atomic E-state index is 10.7. The van der Waals surface area contributed by atoms with Crippen LogP contribution in [0.25, 0.3) is 0 Å². The van der Waals surface area contributed by atoms with E-state index in [0.717, 1.165) is 11.1 Å². The monoisotopic (exact) mass is 289 g/mol. The second kappa shape index (κ2) is 6.45. The molecule has 5 heteroatoms. The number of nitrogens with one attached hydrogen (secondary N) is 1. The highest BCUT2D eigenvalue weighted by molar-refractivity contribution is 5.87. The molecule has 0 amide bonds. The van der Waals surface area contributed by atoms with E-state index in [4.69, 9.17) is 9.52 Å². The summed E-state index contributed by atoms with van der Waals surface area (Å²) in [6.07, 6.45) is 1.22. The van der Waals surface area contributed by atoms with Crippen molar-refractivity contribution in [3.63, 3.8) is 0 Å². The summed E-state index contributed by atoms with van der Waals surface area (Å²) in [5, 5.41) is 21.8. The summed E-state index contributed by atoms with van der Waals surface area (Å²) in [6.45, 7) is 5.08. The van der Waals surface area contributed by atoms with E-state index in [-0.39, 0.29) is 11.3 Å². The summed E-state index contributed by atoms with van der Waals surface area (Å²) in [5.41, 5.74) is 2.11. The Labute approximate surface area is 123 Å². The molecule has 0 atom stereocenters. The molecule has 2 rings (SSSR count). The minimum Gasteiger partial charge on any atom is -0.508 e. The fourth-order valence-corrected chi connectivity index (χ4v) is 2.01. The molecule has 0 unspecified atom stereocenters. The van der Waals surface area contributed by atoms with Gasteiger partial charge in [0.15, 0.2) is 0 Å². The van der Waals surface area contributed by atoms with E-state index in [9.17, 15) is 9.90 Å². The topological polar surface area (TPSA) is 82.7 Å². The van der Waals surface area contributed by atoms with E-state index in [1.165, 1.54) is 12.3 Å². The molecule has 0 spiro atoms. The van der Waals surface area contributed by atoms with Crippen LogP contribution in [0.2, 0.25) is 0 Å². The molecule has 5 nitrogen and oxygen atoms in total. The van der Waals surface area contributed by atoms with Crippen LogP contribution in [0.3, 0.4) is 0 Å². The Morgan fingerprint density at radius 1 is 1.29 bits per heavy atom.